The highest BCUT2D eigenvalue weighted by atomic mass is 32.1. The maximum absolute atomic E-state index is 5.32. The van der Waals surface area contributed by atoms with Crippen LogP contribution in [0.15, 0.2) is 18.3 Å². The van der Waals surface area contributed by atoms with Gasteiger partial charge in [-0.2, -0.15) is 5.10 Å². The number of hydrogen-bond donors (Lipinski definition) is 1. The fourth-order valence-corrected chi connectivity index (χ4v) is 2.42. The second-order valence-corrected chi connectivity index (χ2v) is 5.10. The molecule has 1 saturated carbocycles. The molecule has 2 heterocycles. The maximum Gasteiger partial charge on any atom is 0.195 e. The number of rotatable bonds is 4. The molecule has 0 saturated heterocycles. The van der Waals surface area contributed by atoms with Crippen LogP contribution < -0.4 is 0 Å². The Morgan fingerprint density at radius 3 is 3.06 bits per heavy atom. The largest absolute Gasteiger partial charge is 0.298 e. The summed E-state index contributed by atoms with van der Waals surface area (Å²) in [6, 6.07) is 4.11. The third-order valence-corrected chi connectivity index (χ3v) is 3.72. The minimum atomic E-state index is 0.590. The predicted molar refractivity (Wildman–Crippen MR) is 72.1 cm³/mol. The summed E-state index contributed by atoms with van der Waals surface area (Å²) in [5.41, 5.74) is 2.38. The topological polar surface area (TPSA) is 46.5 Å². The fourth-order valence-electron chi connectivity index (χ4n) is 2.22. The van der Waals surface area contributed by atoms with E-state index in [2.05, 4.69) is 32.7 Å². The van der Waals surface area contributed by atoms with Crippen molar-refractivity contribution in [2.75, 3.05) is 0 Å². The lowest BCUT2D eigenvalue weighted by molar-refractivity contribution is 0.697. The number of aromatic amines is 1. The van der Waals surface area contributed by atoms with Gasteiger partial charge in [0.05, 0.1) is 12.2 Å². The molecular formula is C13H16N4S. The molecule has 0 amide bonds. The second kappa shape index (κ2) is 4.65. The van der Waals surface area contributed by atoms with Gasteiger partial charge in [-0.15, -0.1) is 0 Å². The number of pyridine rings is 1. The van der Waals surface area contributed by atoms with E-state index in [0.29, 0.717) is 10.7 Å². The average Bonchev–Trinajstić information content (AvgIpc) is 3.17. The van der Waals surface area contributed by atoms with Gasteiger partial charge in [-0.25, -0.2) is 0 Å². The summed E-state index contributed by atoms with van der Waals surface area (Å²) in [5, 5.41) is 7.25. The molecule has 0 aromatic carbocycles. The zero-order chi connectivity index (χ0) is 12.5. The van der Waals surface area contributed by atoms with Gasteiger partial charge >= 0.3 is 0 Å². The summed E-state index contributed by atoms with van der Waals surface area (Å²) in [7, 11) is 0. The van der Waals surface area contributed by atoms with E-state index in [0.717, 1.165) is 24.5 Å². The van der Waals surface area contributed by atoms with Crippen molar-refractivity contribution in [2.45, 2.75) is 38.6 Å². The lowest BCUT2D eigenvalue weighted by atomic mass is 10.1. The van der Waals surface area contributed by atoms with Crippen molar-refractivity contribution in [3.63, 3.8) is 0 Å². The maximum atomic E-state index is 5.32. The quantitative estimate of drug-likeness (QED) is 0.860. The normalized spacial score (nSPS) is 14.9. The standard InChI is InChI=1S/C13H16N4S/c1-2-9-4-3-7-14-11(9)8-17-12(10-5-6-10)15-16-13(17)18/h3-4,7,10H,2,5-6,8H2,1H3,(H,16,18). The molecule has 0 unspecified atom stereocenters. The van der Waals surface area contributed by atoms with E-state index in [9.17, 15) is 0 Å². The first kappa shape index (κ1) is 11.6. The zero-order valence-corrected chi connectivity index (χ0v) is 11.2. The van der Waals surface area contributed by atoms with E-state index in [4.69, 9.17) is 12.2 Å². The van der Waals surface area contributed by atoms with E-state index in [1.165, 1.54) is 18.4 Å². The van der Waals surface area contributed by atoms with Crippen LogP contribution in [0.3, 0.4) is 0 Å². The summed E-state index contributed by atoms with van der Waals surface area (Å²) in [4.78, 5) is 4.48. The minimum absolute atomic E-state index is 0.590. The first-order valence-electron chi connectivity index (χ1n) is 6.37. The Bertz CT molecular complexity index is 609. The first-order valence-corrected chi connectivity index (χ1v) is 6.78. The number of nitrogens with zero attached hydrogens (tertiary/aromatic N) is 3. The molecule has 0 atom stereocenters. The van der Waals surface area contributed by atoms with Crippen molar-refractivity contribution in [3.05, 3.63) is 40.2 Å². The van der Waals surface area contributed by atoms with Gasteiger partial charge < -0.3 is 0 Å². The summed E-state index contributed by atoms with van der Waals surface area (Å²) < 4.78 is 2.79. The molecule has 1 fully saturated rings. The van der Waals surface area contributed by atoms with Gasteiger partial charge in [0.15, 0.2) is 4.77 Å². The van der Waals surface area contributed by atoms with Gasteiger partial charge in [0.2, 0.25) is 0 Å². The summed E-state index contributed by atoms with van der Waals surface area (Å²) in [6.45, 7) is 2.88. The molecule has 0 bridgehead atoms. The Morgan fingerprint density at radius 2 is 2.33 bits per heavy atom. The van der Waals surface area contributed by atoms with Crippen LogP contribution in [0.5, 0.6) is 0 Å². The predicted octanol–water partition coefficient (Wildman–Crippen LogP) is 2.82. The first-order chi connectivity index (χ1) is 8.79. The van der Waals surface area contributed by atoms with E-state index in [1.54, 1.807) is 0 Å². The smallest absolute Gasteiger partial charge is 0.195 e. The number of aryl methyl sites for hydroxylation is 1. The minimum Gasteiger partial charge on any atom is -0.298 e. The van der Waals surface area contributed by atoms with Crippen molar-refractivity contribution in [2.24, 2.45) is 0 Å². The van der Waals surface area contributed by atoms with E-state index in [1.807, 2.05) is 12.3 Å². The highest BCUT2D eigenvalue weighted by molar-refractivity contribution is 7.71. The Hall–Kier alpha value is -1.49. The molecule has 0 spiro atoms. The van der Waals surface area contributed by atoms with Crippen LogP contribution in [0.2, 0.25) is 0 Å². The summed E-state index contributed by atoms with van der Waals surface area (Å²) >= 11 is 5.32. The molecule has 0 aliphatic heterocycles. The van der Waals surface area contributed by atoms with E-state index < -0.39 is 0 Å². The zero-order valence-electron chi connectivity index (χ0n) is 10.4. The van der Waals surface area contributed by atoms with Crippen LogP contribution in [0.25, 0.3) is 0 Å². The van der Waals surface area contributed by atoms with Crippen molar-refractivity contribution in [1.29, 1.82) is 0 Å². The average molecular weight is 260 g/mol. The third-order valence-electron chi connectivity index (χ3n) is 3.40. The molecule has 4 nitrogen and oxygen atoms in total. The van der Waals surface area contributed by atoms with Crippen molar-refractivity contribution >= 4 is 12.2 Å². The number of hydrogen-bond acceptors (Lipinski definition) is 3. The Kier molecular flexibility index (Phi) is 2.99. The lowest BCUT2D eigenvalue weighted by Gasteiger charge is -2.09. The van der Waals surface area contributed by atoms with Crippen LogP contribution in [0.1, 0.15) is 42.8 Å². The lowest BCUT2D eigenvalue weighted by Crippen LogP contribution is -2.08. The van der Waals surface area contributed by atoms with Crippen LogP contribution in [-0.4, -0.2) is 19.7 Å². The van der Waals surface area contributed by atoms with Crippen LogP contribution in [0, 0.1) is 4.77 Å². The highest BCUT2D eigenvalue weighted by Gasteiger charge is 2.29. The van der Waals surface area contributed by atoms with Gasteiger partial charge in [-0.05, 0) is 43.1 Å². The van der Waals surface area contributed by atoms with E-state index in [-0.39, 0.29) is 0 Å². The van der Waals surface area contributed by atoms with Crippen LogP contribution in [-0.2, 0) is 13.0 Å². The highest BCUT2D eigenvalue weighted by Crippen LogP contribution is 2.39. The van der Waals surface area contributed by atoms with E-state index >= 15 is 0 Å². The molecule has 3 rings (SSSR count). The molecule has 1 aliphatic carbocycles. The molecular weight excluding hydrogens is 244 g/mol. The molecule has 1 aliphatic rings. The number of H-pyrrole nitrogens is 1. The van der Waals surface area contributed by atoms with Crippen molar-refractivity contribution in [3.8, 4) is 0 Å². The molecule has 5 heteroatoms. The molecule has 2 aromatic rings. The molecule has 18 heavy (non-hydrogen) atoms. The Labute approximate surface area is 111 Å². The van der Waals surface area contributed by atoms with Crippen molar-refractivity contribution in [1.82, 2.24) is 19.7 Å². The van der Waals surface area contributed by atoms with Gasteiger partial charge in [0.25, 0.3) is 0 Å². The molecule has 94 valence electrons. The fraction of sp³-hybridized carbons (Fsp3) is 0.462. The second-order valence-electron chi connectivity index (χ2n) is 4.71. The van der Waals surface area contributed by atoms with Gasteiger partial charge in [-0.3, -0.25) is 14.6 Å². The molecule has 1 N–H and O–H groups in total. The SMILES string of the molecule is CCc1cccnc1Cn1c(C2CC2)n[nH]c1=S. The monoisotopic (exact) mass is 260 g/mol. The molecule has 0 radical (unpaired) electrons. The van der Waals surface area contributed by atoms with Crippen LogP contribution >= 0.6 is 12.2 Å². The Balaban J connectivity index is 1.96. The van der Waals surface area contributed by atoms with Gasteiger partial charge in [-0.1, -0.05) is 13.0 Å². The van der Waals surface area contributed by atoms with Gasteiger partial charge in [0, 0.05) is 12.1 Å². The Morgan fingerprint density at radius 1 is 1.50 bits per heavy atom. The van der Waals surface area contributed by atoms with Crippen molar-refractivity contribution < 1.29 is 0 Å². The van der Waals surface area contributed by atoms with Crippen LogP contribution in [0.4, 0.5) is 0 Å². The summed E-state index contributed by atoms with van der Waals surface area (Å²) in [5.74, 6) is 1.68. The third kappa shape index (κ3) is 2.10. The summed E-state index contributed by atoms with van der Waals surface area (Å²) in [6.07, 6.45) is 5.28. The van der Waals surface area contributed by atoms with Gasteiger partial charge in [0.1, 0.15) is 5.82 Å². The number of aromatic nitrogens is 4. The molecule has 2 aromatic heterocycles. The number of nitrogens with one attached hydrogen (secondary N) is 1.